The molecule has 0 aliphatic heterocycles. The predicted molar refractivity (Wildman–Crippen MR) is 33.1 cm³/mol. The molecule has 0 N–H and O–H groups in total. The molecule has 0 saturated carbocycles. The van der Waals surface area contributed by atoms with E-state index in [2.05, 4.69) is 4.74 Å². The monoisotopic (exact) mass is 139 g/mol. The maximum Gasteiger partial charge on any atom is 0.313 e. The Balaban J connectivity index is 0. The molecular formula is C5H8NaO3. The largest absolute Gasteiger partial charge is 0.469 e. The van der Waals surface area contributed by atoms with Crippen molar-refractivity contribution in [1.29, 1.82) is 0 Å². The summed E-state index contributed by atoms with van der Waals surface area (Å²) in [6.07, 6.45) is -0.115. The number of carbonyl (C=O) groups is 2. The Bertz CT molecular complexity index is 111. The van der Waals surface area contributed by atoms with E-state index in [-0.39, 0.29) is 41.8 Å². The van der Waals surface area contributed by atoms with Gasteiger partial charge in [-0.15, -0.1) is 0 Å². The molecule has 0 rings (SSSR count). The standard InChI is InChI=1S/C5H8O3.Na/c1-4(6)3-5(7)8-2;/h3H2,1-2H3;. The normalized spacial score (nSPS) is 7.33. The molecule has 0 aliphatic carbocycles. The Labute approximate surface area is 76.0 Å². The molecule has 0 spiro atoms. The van der Waals surface area contributed by atoms with Crippen molar-refractivity contribution in [3.63, 3.8) is 0 Å². The van der Waals surface area contributed by atoms with Gasteiger partial charge in [0.15, 0.2) is 0 Å². The number of hydrogen-bond acceptors (Lipinski definition) is 3. The molecule has 0 amide bonds. The van der Waals surface area contributed by atoms with E-state index in [9.17, 15) is 9.59 Å². The molecule has 47 valence electrons. The molecule has 0 fully saturated rings. The molecule has 0 aromatic heterocycles. The summed E-state index contributed by atoms with van der Waals surface area (Å²) in [5.74, 6) is -0.644. The second-order valence-electron chi connectivity index (χ2n) is 1.45. The Kier molecular flexibility index (Phi) is 8.27. The van der Waals surface area contributed by atoms with Crippen LogP contribution in [0.3, 0.4) is 0 Å². The van der Waals surface area contributed by atoms with Crippen LogP contribution in [0.2, 0.25) is 0 Å². The summed E-state index contributed by atoms with van der Waals surface area (Å²) in [7, 11) is 1.26. The Morgan fingerprint density at radius 2 is 1.89 bits per heavy atom. The van der Waals surface area contributed by atoms with Gasteiger partial charge in [0.25, 0.3) is 0 Å². The maximum atomic E-state index is 10.2. The SMILES string of the molecule is COC(=O)CC(C)=O.[Na]. The van der Waals surface area contributed by atoms with Crippen LogP contribution < -0.4 is 0 Å². The minimum Gasteiger partial charge on any atom is -0.469 e. The van der Waals surface area contributed by atoms with Crippen molar-refractivity contribution in [2.75, 3.05) is 7.11 Å². The van der Waals surface area contributed by atoms with E-state index >= 15 is 0 Å². The number of esters is 1. The predicted octanol–water partition coefficient (Wildman–Crippen LogP) is -0.242. The third-order valence-corrected chi connectivity index (χ3v) is 0.621. The van der Waals surface area contributed by atoms with Crippen LogP contribution in [-0.2, 0) is 14.3 Å². The van der Waals surface area contributed by atoms with Gasteiger partial charge in [0.2, 0.25) is 0 Å². The van der Waals surface area contributed by atoms with Gasteiger partial charge in [0, 0.05) is 29.6 Å². The summed E-state index contributed by atoms with van der Waals surface area (Å²) in [5.41, 5.74) is 0. The van der Waals surface area contributed by atoms with Gasteiger partial charge in [-0.2, -0.15) is 0 Å². The summed E-state index contributed by atoms with van der Waals surface area (Å²) in [4.78, 5) is 20.3. The van der Waals surface area contributed by atoms with Gasteiger partial charge in [0.1, 0.15) is 12.2 Å². The third-order valence-electron chi connectivity index (χ3n) is 0.621. The first kappa shape index (κ1) is 11.9. The molecule has 0 aromatic rings. The van der Waals surface area contributed by atoms with Gasteiger partial charge < -0.3 is 4.74 Å². The van der Waals surface area contributed by atoms with Crippen molar-refractivity contribution in [2.45, 2.75) is 13.3 Å². The number of rotatable bonds is 2. The molecule has 0 aromatic carbocycles. The van der Waals surface area contributed by atoms with Crippen LogP contribution >= 0.6 is 0 Å². The number of ketones is 1. The van der Waals surface area contributed by atoms with E-state index in [1.807, 2.05) is 0 Å². The zero-order chi connectivity index (χ0) is 6.57. The fourth-order valence-electron chi connectivity index (χ4n) is 0.275. The number of ether oxygens (including phenoxy) is 1. The quantitative estimate of drug-likeness (QED) is 0.301. The minimum atomic E-state index is -0.475. The van der Waals surface area contributed by atoms with E-state index < -0.39 is 5.97 Å². The van der Waals surface area contributed by atoms with E-state index in [1.165, 1.54) is 14.0 Å². The number of hydrogen-bond donors (Lipinski definition) is 0. The summed E-state index contributed by atoms with van der Waals surface area (Å²) in [5, 5.41) is 0. The average molecular weight is 139 g/mol. The molecule has 9 heavy (non-hydrogen) atoms. The fraction of sp³-hybridized carbons (Fsp3) is 0.600. The molecule has 1 radical (unpaired) electrons. The third kappa shape index (κ3) is 8.14. The van der Waals surface area contributed by atoms with Crippen LogP contribution in [0.4, 0.5) is 0 Å². The van der Waals surface area contributed by atoms with E-state index in [0.717, 1.165) is 0 Å². The smallest absolute Gasteiger partial charge is 0.313 e. The average Bonchev–Trinajstić information content (AvgIpc) is 1.65. The molecule has 0 unspecified atom stereocenters. The topological polar surface area (TPSA) is 43.4 Å². The van der Waals surface area contributed by atoms with Crippen molar-refractivity contribution >= 4 is 41.3 Å². The maximum absolute atomic E-state index is 10.2. The molecule has 4 heteroatoms. The zero-order valence-electron chi connectivity index (χ0n) is 5.93. The van der Waals surface area contributed by atoms with E-state index in [0.29, 0.717) is 0 Å². The fourth-order valence-corrected chi connectivity index (χ4v) is 0.275. The van der Waals surface area contributed by atoms with Gasteiger partial charge >= 0.3 is 5.97 Å². The van der Waals surface area contributed by atoms with Crippen molar-refractivity contribution in [1.82, 2.24) is 0 Å². The number of Topliss-reactive ketones (excluding diaryl/α,β-unsaturated/α-hetero) is 1. The van der Waals surface area contributed by atoms with E-state index in [1.54, 1.807) is 0 Å². The second-order valence-corrected chi connectivity index (χ2v) is 1.45. The summed E-state index contributed by atoms with van der Waals surface area (Å²) < 4.78 is 4.20. The summed E-state index contributed by atoms with van der Waals surface area (Å²) >= 11 is 0. The Hall–Kier alpha value is 0.140. The van der Waals surface area contributed by atoms with Crippen LogP contribution in [0.1, 0.15) is 13.3 Å². The van der Waals surface area contributed by atoms with Crippen LogP contribution in [-0.4, -0.2) is 48.4 Å². The second kappa shape index (κ2) is 6.26. The zero-order valence-corrected chi connectivity index (χ0v) is 7.93. The van der Waals surface area contributed by atoms with Crippen LogP contribution in [0.15, 0.2) is 0 Å². The van der Waals surface area contributed by atoms with Crippen LogP contribution in [0.25, 0.3) is 0 Å². The first-order valence-corrected chi connectivity index (χ1v) is 2.23. The summed E-state index contributed by atoms with van der Waals surface area (Å²) in [6, 6.07) is 0. The molecule has 0 saturated heterocycles. The molecule has 3 nitrogen and oxygen atoms in total. The van der Waals surface area contributed by atoms with E-state index in [4.69, 9.17) is 0 Å². The first-order chi connectivity index (χ1) is 3.66. The van der Waals surface area contributed by atoms with Crippen molar-refractivity contribution in [3.05, 3.63) is 0 Å². The number of carbonyl (C=O) groups excluding carboxylic acids is 2. The van der Waals surface area contributed by atoms with Gasteiger partial charge in [-0.3, -0.25) is 9.59 Å². The van der Waals surface area contributed by atoms with Gasteiger partial charge in [-0.25, -0.2) is 0 Å². The van der Waals surface area contributed by atoms with Crippen molar-refractivity contribution < 1.29 is 14.3 Å². The Morgan fingerprint density at radius 3 is 2.00 bits per heavy atom. The van der Waals surface area contributed by atoms with Crippen molar-refractivity contribution in [3.8, 4) is 0 Å². The van der Waals surface area contributed by atoms with Gasteiger partial charge in [-0.1, -0.05) is 0 Å². The number of methoxy groups -OCH3 is 1. The van der Waals surface area contributed by atoms with Gasteiger partial charge in [0.05, 0.1) is 7.11 Å². The van der Waals surface area contributed by atoms with Crippen LogP contribution in [0.5, 0.6) is 0 Å². The first-order valence-electron chi connectivity index (χ1n) is 2.23. The van der Waals surface area contributed by atoms with Crippen LogP contribution in [0, 0.1) is 0 Å². The molecule has 0 bridgehead atoms. The molecule has 0 atom stereocenters. The van der Waals surface area contributed by atoms with Gasteiger partial charge in [-0.05, 0) is 6.92 Å². The summed E-state index contributed by atoms with van der Waals surface area (Å²) in [6.45, 7) is 1.34. The molecule has 0 heterocycles. The van der Waals surface area contributed by atoms with Crippen molar-refractivity contribution in [2.24, 2.45) is 0 Å². The molecule has 0 aliphatic rings. The Morgan fingerprint density at radius 1 is 1.44 bits per heavy atom. The molecular weight excluding hydrogens is 131 g/mol. The minimum absolute atomic E-state index is 0.